The minimum Gasteiger partial charge on any atom is -0.369 e. The van der Waals surface area contributed by atoms with Crippen LogP contribution in [0.25, 0.3) is 5.57 Å². The van der Waals surface area contributed by atoms with Gasteiger partial charge in [-0.05, 0) is 54.9 Å². The van der Waals surface area contributed by atoms with Crippen LogP contribution in [0.2, 0.25) is 0 Å². The zero-order valence-electron chi connectivity index (χ0n) is 17.8. The summed E-state index contributed by atoms with van der Waals surface area (Å²) in [7, 11) is 2.14. The third-order valence-corrected chi connectivity index (χ3v) is 6.76. The molecule has 2 aliphatic heterocycles. The number of benzene rings is 2. The lowest BCUT2D eigenvalue weighted by Crippen LogP contribution is -2.44. The highest BCUT2D eigenvalue weighted by Crippen LogP contribution is 2.35. The second-order valence-electron chi connectivity index (χ2n) is 7.97. The van der Waals surface area contributed by atoms with Crippen molar-refractivity contribution in [2.24, 2.45) is 0 Å². The number of carbonyl (C=O) groups is 2. The van der Waals surface area contributed by atoms with Crippen LogP contribution in [0.5, 0.6) is 0 Å². The van der Waals surface area contributed by atoms with Crippen molar-refractivity contribution >= 4 is 45.8 Å². The van der Waals surface area contributed by atoms with Crippen LogP contribution in [-0.2, 0) is 9.59 Å². The number of hydrogen-bond acceptors (Lipinski definition) is 6. The lowest BCUT2D eigenvalue weighted by molar-refractivity contribution is -0.120. The SMILES string of the molecule is CN1CCN(c2ccc(NC3=C(c4cccs4)C(=O)N(c4ccccc4)C3=O)cc2)CC1. The third kappa shape index (κ3) is 3.81. The van der Waals surface area contributed by atoms with Gasteiger partial charge in [0, 0.05) is 42.4 Å². The number of thiophene rings is 1. The van der Waals surface area contributed by atoms with Crippen LogP contribution < -0.4 is 15.1 Å². The highest BCUT2D eigenvalue weighted by atomic mass is 32.1. The van der Waals surface area contributed by atoms with E-state index < -0.39 is 0 Å². The molecule has 0 spiro atoms. The van der Waals surface area contributed by atoms with Gasteiger partial charge in [0.05, 0.1) is 11.3 Å². The van der Waals surface area contributed by atoms with Crippen molar-refractivity contribution in [3.63, 3.8) is 0 Å². The molecule has 7 heteroatoms. The summed E-state index contributed by atoms with van der Waals surface area (Å²) in [6.07, 6.45) is 0. The standard InChI is InChI=1S/C25H24N4O2S/c1-27-13-15-28(16-14-27)19-11-9-18(10-12-19)26-23-22(21-8-5-17-32-21)24(30)29(25(23)31)20-6-3-2-4-7-20/h2-12,17,26H,13-16H2,1H3. The van der Waals surface area contributed by atoms with E-state index >= 15 is 0 Å². The maximum absolute atomic E-state index is 13.3. The van der Waals surface area contributed by atoms with Crippen LogP contribution in [0.1, 0.15) is 4.88 Å². The Bertz CT molecular complexity index is 1150. The smallest absolute Gasteiger partial charge is 0.282 e. The first-order valence-corrected chi connectivity index (χ1v) is 11.5. The Hall–Kier alpha value is -3.42. The predicted molar refractivity (Wildman–Crippen MR) is 130 cm³/mol. The van der Waals surface area contributed by atoms with Gasteiger partial charge in [0.1, 0.15) is 5.70 Å². The van der Waals surface area contributed by atoms with Gasteiger partial charge in [0.2, 0.25) is 0 Å². The van der Waals surface area contributed by atoms with Crippen molar-refractivity contribution in [1.82, 2.24) is 4.90 Å². The Morgan fingerprint density at radius 2 is 1.50 bits per heavy atom. The van der Waals surface area contributed by atoms with Crippen molar-refractivity contribution in [3.8, 4) is 0 Å². The molecule has 0 atom stereocenters. The van der Waals surface area contributed by atoms with E-state index in [2.05, 4.69) is 34.3 Å². The van der Waals surface area contributed by atoms with Crippen molar-refractivity contribution in [3.05, 3.63) is 82.7 Å². The van der Waals surface area contributed by atoms with Crippen molar-refractivity contribution in [1.29, 1.82) is 0 Å². The van der Waals surface area contributed by atoms with Gasteiger partial charge >= 0.3 is 0 Å². The summed E-state index contributed by atoms with van der Waals surface area (Å²) in [4.78, 5) is 33.4. The molecule has 1 fully saturated rings. The van der Waals surface area contributed by atoms with E-state index in [1.165, 1.54) is 16.2 Å². The summed E-state index contributed by atoms with van der Waals surface area (Å²) in [6, 6.07) is 20.9. The molecule has 1 saturated heterocycles. The van der Waals surface area contributed by atoms with Crippen LogP contribution in [0.4, 0.5) is 17.1 Å². The van der Waals surface area contributed by atoms with Crippen molar-refractivity contribution in [2.75, 3.05) is 48.3 Å². The van der Waals surface area contributed by atoms with Gasteiger partial charge in [-0.1, -0.05) is 24.3 Å². The van der Waals surface area contributed by atoms with E-state index in [4.69, 9.17) is 0 Å². The highest BCUT2D eigenvalue weighted by molar-refractivity contribution is 7.11. The maximum Gasteiger partial charge on any atom is 0.282 e. The average Bonchev–Trinajstić information content (AvgIpc) is 3.42. The van der Waals surface area contributed by atoms with Crippen molar-refractivity contribution < 1.29 is 9.59 Å². The molecule has 162 valence electrons. The van der Waals surface area contributed by atoms with E-state index in [0.29, 0.717) is 17.0 Å². The summed E-state index contributed by atoms with van der Waals surface area (Å²) in [5, 5.41) is 5.15. The van der Waals surface area contributed by atoms with Crippen LogP contribution >= 0.6 is 11.3 Å². The van der Waals surface area contributed by atoms with E-state index in [-0.39, 0.29) is 11.8 Å². The average molecular weight is 445 g/mol. The number of hydrogen-bond donors (Lipinski definition) is 1. The van der Waals surface area contributed by atoms with Crippen LogP contribution in [0, 0.1) is 0 Å². The second kappa shape index (κ2) is 8.61. The normalized spacial score (nSPS) is 17.4. The molecule has 1 N–H and O–H groups in total. The molecule has 0 bridgehead atoms. The van der Waals surface area contributed by atoms with Gasteiger partial charge in [-0.25, -0.2) is 4.90 Å². The number of rotatable bonds is 5. The van der Waals surface area contributed by atoms with Gasteiger partial charge in [-0.2, -0.15) is 0 Å². The lowest BCUT2D eigenvalue weighted by Gasteiger charge is -2.34. The van der Waals surface area contributed by atoms with Crippen molar-refractivity contribution in [2.45, 2.75) is 0 Å². The fourth-order valence-corrected chi connectivity index (χ4v) is 4.84. The molecule has 5 rings (SSSR count). The molecule has 2 aliphatic rings. The van der Waals surface area contributed by atoms with Gasteiger partial charge in [0.15, 0.2) is 0 Å². The molecule has 2 amide bonds. The Morgan fingerprint density at radius 1 is 0.781 bits per heavy atom. The number of carbonyl (C=O) groups excluding carboxylic acids is 2. The van der Waals surface area contributed by atoms with E-state index in [9.17, 15) is 9.59 Å². The molecule has 32 heavy (non-hydrogen) atoms. The fourth-order valence-electron chi connectivity index (χ4n) is 4.07. The quantitative estimate of drug-likeness (QED) is 0.605. The molecule has 2 aromatic carbocycles. The highest BCUT2D eigenvalue weighted by Gasteiger charge is 2.40. The van der Waals surface area contributed by atoms with E-state index in [0.717, 1.165) is 42.4 Å². The Balaban J connectivity index is 1.44. The second-order valence-corrected chi connectivity index (χ2v) is 8.92. The molecule has 1 aromatic heterocycles. The number of nitrogens with one attached hydrogen (secondary N) is 1. The molecule has 0 unspecified atom stereocenters. The van der Waals surface area contributed by atoms with E-state index in [1.54, 1.807) is 12.1 Å². The zero-order chi connectivity index (χ0) is 22.1. The first kappa shape index (κ1) is 20.5. The minimum atomic E-state index is -0.340. The number of para-hydroxylation sites is 1. The summed E-state index contributed by atoms with van der Waals surface area (Å²) < 4.78 is 0. The molecule has 0 radical (unpaired) electrons. The molecule has 3 heterocycles. The molecule has 6 nitrogen and oxygen atoms in total. The Morgan fingerprint density at radius 3 is 2.16 bits per heavy atom. The van der Waals surface area contributed by atoms with Gasteiger partial charge < -0.3 is 15.1 Å². The van der Waals surface area contributed by atoms with Crippen LogP contribution in [-0.4, -0.2) is 49.9 Å². The fraction of sp³-hybridized carbons (Fsp3) is 0.200. The molecule has 0 aliphatic carbocycles. The number of imide groups is 1. The number of anilines is 3. The maximum atomic E-state index is 13.3. The first-order chi connectivity index (χ1) is 15.6. The summed E-state index contributed by atoms with van der Waals surface area (Å²) in [6.45, 7) is 4.08. The summed E-state index contributed by atoms with van der Waals surface area (Å²) in [5.74, 6) is -0.645. The number of piperazine rings is 1. The molecular weight excluding hydrogens is 420 g/mol. The van der Waals surface area contributed by atoms with Gasteiger partial charge in [-0.3, -0.25) is 9.59 Å². The lowest BCUT2D eigenvalue weighted by atomic mass is 10.1. The molecular formula is C25H24N4O2S. The first-order valence-electron chi connectivity index (χ1n) is 10.6. The zero-order valence-corrected chi connectivity index (χ0v) is 18.6. The largest absolute Gasteiger partial charge is 0.369 e. The molecule has 3 aromatic rings. The van der Waals surface area contributed by atoms with Gasteiger partial charge in [0.25, 0.3) is 11.8 Å². The summed E-state index contributed by atoms with van der Waals surface area (Å²) in [5.41, 5.74) is 3.24. The third-order valence-electron chi connectivity index (χ3n) is 5.87. The molecule has 0 saturated carbocycles. The van der Waals surface area contributed by atoms with Gasteiger partial charge in [-0.15, -0.1) is 11.3 Å². The minimum absolute atomic E-state index is 0.305. The van der Waals surface area contributed by atoms with E-state index in [1.807, 2.05) is 47.8 Å². The Kier molecular flexibility index (Phi) is 5.51. The topological polar surface area (TPSA) is 55.9 Å². The Labute approximate surface area is 191 Å². The van der Waals surface area contributed by atoms with Crippen LogP contribution in [0.15, 0.2) is 77.8 Å². The number of likely N-dealkylation sites (N-methyl/N-ethyl adjacent to an activating group) is 1. The number of nitrogens with zero attached hydrogens (tertiary/aromatic N) is 3. The summed E-state index contributed by atoms with van der Waals surface area (Å²) >= 11 is 1.45. The predicted octanol–water partition coefficient (Wildman–Crippen LogP) is 3.90. The monoisotopic (exact) mass is 444 g/mol. The number of amides is 2. The van der Waals surface area contributed by atoms with Crippen LogP contribution in [0.3, 0.4) is 0 Å².